The third-order valence-electron chi connectivity index (χ3n) is 5.48. The summed E-state index contributed by atoms with van der Waals surface area (Å²) in [6.45, 7) is 0.719. The molecule has 33 heavy (non-hydrogen) atoms. The fraction of sp³-hybridized carbons (Fsp3) is 0.120. The van der Waals surface area contributed by atoms with Gasteiger partial charge >= 0.3 is 0 Å². The van der Waals surface area contributed by atoms with E-state index in [4.69, 9.17) is 23.4 Å². The molecule has 0 bridgehead atoms. The number of furan rings is 1. The van der Waals surface area contributed by atoms with Gasteiger partial charge in [0.05, 0.1) is 0 Å². The van der Waals surface area contributed by atoms with Gasteiger partial charge in [0.25, 0.3) is 5.91 Å². The monoisotopic (exact) mass is 442 g/mol. The molecule has 2 aliphatic rings. The number of ether oxygens (including phenoxy) is 4. The van der Waals surface area contributed by atoms with Gasteiger partial charge in [0.15, 0.2) is 28.8 Å². The first-order valence-electron chi connectivity index (χ1n) is 10.4. The molecule has 6 rings (SSSR count). The van der Waals surface area contributed by atoms with Gasteiger partial charge < -0.3 is 28.7 Å². The van der Waals surface area contributed by atoms with Gasteiger partial charge in [-0.3, -0.25) is 9.78 Å². The Labute approximate surface area is 188 Å². The van der Waals surface area contributed by atoms with Crippen molar-refractivity contribution < 1.29 is 28.2 Å². The van der Waals surface area contributed by atoms with Crippen LogP contribution in [0.3, 0.4) is 0 Å². The molecule has 2 aromatic heterocycles. The molecule has 164 valence electrons. The molecular weight excluding hydrogens is 424 g/mol. The third-order valence-corrected chi connectivity index (χ3v) is 5.48. The van der Waals surface area contributed by atoms with Crippen molar-refractivity contribution in [2.45, 2.75) is 6.54 Å². The van der Waals surface area contributed by atoms with Crippen LogP contribution in [0.15, 0.2) is 71.4 Å². The Morgan fingerprint density at radius 3 is 2.15 bits per heavy atom. The number of aromatic nitrogens is 1. The number of nitrogens with zero attached hydrogens (tertiary/aromatic N) is 1. The zero-order chi connectivity index (χ0) is 22.2. The van der Waals surface area contributed by atoms with E-state index in [1.165, 1.54) is 0 Å². The Kier molecular flexibility index (Phi) is 4.61. The van der Waals surface area contributed by atoms with Crippen molar-refractivity contribution in [2.75, 3.05) is 13.6 Å². The topological polar surface area (TPSA) is 92.1 Å². The third kappa shape index (κ3) is 3.61. The number of fused-ring (bicyclic) bond motifs is 2. The SMILES string of the molecule is O=C(NCc1ccncc1)c1cc(-c2ccc3c(c2)OCO3)c(-c2ccc3c(c2)OCO3)o1. The average molecular weight is 442 g/mol. The summed E-state index contributed by atoms with van der Waals surface area (Å²) in [6.07, 6.45) is 3.37. The van der Waals surface area contributed by atoms with E-state index in [1.807, 2.05) is 48.5 Å². The van der Waals surface area contributed by atoms with Gasteiger partial charge in [-0.2, -0.15) is 0 Å². The van der Waals surface area contributed by atoms with E-state index in [0.29, 0.717) is 35.3 Å². The van der Waals surface area contributed by atoms with Crippen LogP contribution in [0.25, 0.3) is 22.5 Å². The first-order chi connectivity index (χ1) is 16.2. The Balaban J connectivity index is 1.38. The molecule has 0 spiro atoms. The lowest BCUT2D eigenvalue weighted by atomic mass is 10.0. The van der Waals surface area contributed by atoms with Crippen LogP contribution in [0.5, 0.6) is 23.0 Å². The van der Waals surface area contributed by atoms with E-state index in [2.05, 4.69) is 10.3 Å². The molecule has 2 aromatic carbocycles. The molecule has 0 aliphatic carbocycles. The Hall–Kier alpha value is -4.46. The summed E-state index contributed by atoms with van der Waals surface area (Å²) in [5, 5.41) is 2.89. The molecule has 4 heterocycles. The number of benzene rings is 2. The number of hydrogen-bond acceptors (Lipinski definition) is 7. The van der Waals surface area contributed by atoms with Crippen LogP contribution in [0.4, 0.5) is 0 Å². The fourth-order valence-electron chi connectivity index (χ4n) is 3.80. The quantitative estimate of drug-likeness (QED) is 0.490. The van der Waals surface area contributed by atoms with Crippen molar-refractivity contribution >= 4 is 5.91 Å². The zero-order valence-corrected chi connectivity index (χ0v) is 17.4. The molecule has 1 N–H and O–H groups in total. The van der Waals surface area contributed by atoms with Crippen LogP contribution in [0, 0.1) is 0 Å². The van der Waals surface area contributed by atoms with Gasteiger partial charge in [-0.25, -0.2) is 0 Å². The highest BCUT2D eigenvalue weighted by Crippen LogP contribution is 2.43. The highest BCUT2D eigenvalue weighted by Gasteiger charge is 2.23. The number of carbonyl (C=O) groups excluding carboxylic acids is 1. The van der Waals surface area contributed by atoms with E-state index in [0.717, 1.165) is 22.3 Å². The largest absolute Gasteiger partial charge is 0.454 e. The van der Waals surface area contributed by atoms with Gasteiger partial charge in [-0.15, -0.1) is 0 Å². The standard InChI is InChI=1S/C25H18N2O6/c28-25(27-12-15-5-7-26-8-6-15)23-11-18(16-1-3-19-21(9-16)31-13-29-19)24(33-23)17-2-4-20-22(10-17)32-14-30-20/h1-11H,12-14H2,(H,27,28). The lowest BCUT2D eigenvalue weighted by Crippen LogP contribution is -2.22. The van der Waals surface area contributed by atoms with Gasteiger partial charge in [0.2, 0.25) is 13.6 Å². The minimum Gasteiger partial charge on any atom is -0.454 e. The van der Waals surface area contributed by atoms with Gasteiger partial charge in [-0.05, 0) is 59.7 Å². The summed E-state index contributed by atoms with van der Waals surface area (Å²) >= 11 is 0. The summed E-state index contributed by atoms with van der Waals surface area (Å²) in [6, 6.07) is 16.6. The van der Waals surface area contributed by atoms with Crippen LogP contribution in [0.2, 0.25) is 0 Å². The summed E-state index contributed by atoms with van der Waals surface area (Å²) in [4.78, 5) is 16.9. The van der Waals surface area contributed by atoms with Gasteiger partial charge in [0.1, 0.15) is 5.76 Å². The number of nitrogens with one attached hydrogen (secondary N) is 1. The average Bonchev–Trinajstić information content (AvgIpc) is 3.61. The summed E-state index contributed by atoms with van der Waals surface area (Å²) in [5.74, 6) is 3.05. The molecule has 8 heteroatoms. The smallest absolute Gasteiger partial charge is 0.287 e. The van der Waals surface area contributed by atoms with Crippen LogP contribution < -0.4 is 24.3 Å². The number of pyridine rings is 1. The maximum absolute atomic E-state index is 12.9. The van der Waals surface area contributed by atoms with Crippen molar-refractivity contribution in [3.8, 4) is 45.4 Å². The van der Waals surface area contributed by atoms with Gasteiger partial charge in [0, 0.05) is 30.1 Å². The van der Waals surface area contributed by atoms with Crippen molar-refractivity contribution in [1.82, 2.24) is 10.3 Å². The summed E-state index contributed by atoms with van der Waals surface area (Å²) in [5.41, 5.74) is 3.29. The number of hydrogen-bond donors (Lipinski definition) is 1. The van der Waals surface area contributed by atoms with Crippen molar-refractivity contribution in [2.24, 2.45) is 0 Å². The molecular formula is C25H18N2O6. The normalized spacial score (nSPS) is 13.2. The highest BCUT2D eigenvalue weighted by molar-refractivity contribution is 5.95. The van der Waals surface area contributed by atoms with Crippen molar-refractivity contribution in [3.05, 3.63) is 78.3 Å². The molecule has 8 nitrogen and oxygen atoms in total. The lowest BCUT2D eigenvalue weighted by Gasteiger charge is -2.06. The first-order valence-corrected chi connectivity index (χ1v) is 10.4. The van der Waals surface area contributed by atoms with Crippen LogP contribution in [-0.2, 0) is 6.54 Å². The maximum Gasteiger partial charge on any atom is 0.287 e. The first kappa shape index (κ1) is 19.2. The van der Waals surface area contributed by atoms with E-state index >= 15 is 0 Å². The van der Waals surface area contributed by atoms with Crippen LogP contribution in [0.1, 0.15) is 16.1 Å². The molecule has 2 aliphatic heterocycles. The zero-order valence-electron chi connectivity index (χ0n) is 17.4. The second-order valence-corrected chi connectivity index (χ2v) is 7.53. The molecule has 4 aromatic rings. The predicted octanol–water partition coefficient (Wildman–Crippen LogP) is 4.40. The van der Waals surface area contributed by atoms with E-state index in [1.54, 1.807) is 18.5 Å². The molecule has 0 unspecified atom stereocenters. The predicted molar refractivity (Wildman–Crippen MR) is 117 cm³/mol. The van der Waals surface area contributed by atoms with Crippen LogP contribution >= 0.6 is 0 Å². The van der Waals surface area contributed by atoms with E-state index in [-0.39, 0.29) is 25.3 Å². The van der Waals surface area contributed by atoms with Crippen molar-refractivity contribution in [3.63, 3.8) is 0 Å². The second-order valence-electron chi connectivity index (χ2n) is 7.53. The van der Waals surface area contributed by atoms with Gasteiger partial charge in [-0.1, -0.05) is 6.07 Å². The fourth-order valence-corrected chi connectivity index (χ4v) is 3.80. The summed E-state index contributed by atoms with van der Waals surface area (Å²) < 4.78 is 28.0. The maximum atomic E-state index is 12.9. The molecule has 0 saturated carbocycles. The number of carbonyl (C=O) groups is 1. The Morgan fingerprint density at radius 2 is 1.42 bits per heavy atom. The Morgan fingerprint density at radius 1 is 0.788 bits per heavy atom. The molecule has 0 radical (unpaired) electrons. The molecule has 0 fully saturated rings. The minimum absolute atomic E-state index is 0.175. The molecule has 1 amide bonds. The lowest BCUT2D eigenvalue weighted by molar-refractivity contribution is 0.0924. The number of rotatable bonds is 5. The van der Waals surface area contributed by atoms with E-state index < -0.39 is 0 Å². The van der Waals surface area contributed by atoms with Crippen molar-refractivity contribution in [1.29, 1.82) is 0 Å². The highest BCUT2D eigenvalue weighted by atomic mass is 16.7. The summed E-state index contributed by atoms with van der Waals surface area (Å²) in [7, 11) is 0. The minimum atomic E-state index is -0.319. The Bertz CT molecular complexity index is 1270. The molecule has 0 atom stereocenters. The molecule has 0 saturated heterocycles. The van der Waals surface area contributed by atoms with Crippen LogP contribution in [-0.4, -0.2) is 24.5 Å². The second kappa shape index (κ2) is 7.90. The number of amides is 1. The van der Waals surface area contributed by atoms with E-state index in [9.17, 15) is 4.79 Å².